The van der Waals surface area contributed by atoms with Crippen LogP contribution in [0.1, 0.15) is 25.3 Å². The number of benzene rings is 2. The summed E-state index contributed by atoms with van der Waals surface area (Å²) in [5.41, 5.74) is 1.30. The van der Waals surface area contributed by atoms with Gasteiger partial charge in [-0.1, -0.05) is 29.8 Å². The van der Waals surface area contributed by atoms with E-state index in [4.69, 9.17) is 21.4 Å². The normalized spacial score (nSPS) is 11.3. The van der Waals surface area contributed by atoms with Gasteiger partial charge in [-0.3, -0.25) is 19.3 Å². The maximum atomic E-state index is 13.5. The van der Waals surface area contributed by atoms with E-state index in [1.165, 1.54) is 4.90 Å². The van der Waals surface area contributed by atoms with E-state index in [2.05, 4.69) is 15.6 Å². The quantitative estimate of drug-likeness (QED) is 0.227. The third-order valence-corrected chi connectivity index (χ3v) is 5.52. The van der Waals surface area contributed by atoms with E-state index in [0.29, 0.717) is 35.2 Å². The number of anilines is 2. The summed E-state index contributed by atoms with van der Waals surface area (Å²) in [7, 11) is 0. The number of carbonyl (C=O) groups excluding carboxylic acids is 2. The largest absolute Gasteiger partial charge is 0.494 e. The number of aromatic nitrogens is 1. The number of amides is 2. The Morgan fingerprint density at radius 2 is 1.86 bits per heavy atom. The number of nitrogens with one attached hydrogen (secondary N) is 2. The van der Waals surface area contributed by atoms with Crippen molar-refractivity contribution in [1.82, 2.24) is 10.3 Å². The van der Waals surface area contributed by atoms with Crippen molar-refractivity contribution >= 4 is 40.9 Å². The first kappa shape index (κ1) is 27.5. The zero-order valence-corrected chi connectivity index (χ0v) is 21.1. The SMILES string of the molecule is CCN(C(=O)C(NC(=O)Cc1cccc(Cl)c1)Nc1ccc(OCCCC(=O)O)cc1)c1ccccn1. The number of carbonyl (C=O) groups is 3. The molecule has 0 saturated heterocycles. The van der Waals surface area contributed by atoms with Crippen LogP contribution >= 0.6 is 11.6 Å². The predicted molar refractivity (Wildman–Crippen MR) is 142 cm³/mol. The second kappa shape index (κ2) is 13.8. The first-order valence-electron chi connectivity index (χ1n) is 11.8. The van der Waals surface area contributed by atoms with Crippen LogP contribution in [-0.4, -0.2) is 47.2 Å². The molecule has 0 radical (unpaired) electrons. The number of hydrogen-bond acceptors (Lipinski definition) is 6. The molecule has 1 aromatic heterocycles. The van der Waals surface area contributed by atoms with Gasteiger partial charge in [-0.15, -0.1) is 0 Å². The Morgan fingerprint density at radius 1 is 1.08 bits per heavy atom. The molecular formula is C27H29ClN4O5. The minimum atomic E-state index is -1.07. The maximum absolute atomic E-state index is 13.5. The van der Waals surface area contributed by atoms with Crippen molar-refractivity contribution in [3.05, 3.63) is 83.5 Å². The van der Waals surface area contributed by atoms with Gasteiger partial charge in [-0.25, -0.2) is 4.98 Å². The van der Waals surface area contributed by atoms with Crippen LogP contribution in [0.2, 0.25) is 5.02 Å². The van der Waals surface area contributed by atoms with Crippen molar-refractivity contribution in [3.63, 3.8) is 0 Å². The van der Waals surface area contributed by atoms with E-state index in [1.807, 2.05) is 6.92 Å². The summed E-state index contributed by atoms with van der Waals surface area (Å²) < 4.78 is 5.56. The molecule has 2 aromatic carbocycles. The Bertz CT molecular complexity index is 1190. The molecule has 0 fully saturated rings. The highest BCUT2D eigenvalue weighted by molar-refractivity contribution is 6.30. The van der Waals surface area contributed by atoms with Crippen LogP contribution in [0.3, 0.4) is 0 Å². The van der Waals surface area contributed by atoms with E-state index in [0.717, 1.165) is 5.56 Å². The van der Waals surface area contributed by atoms with Gasteiger partial charge in [-0.05, 0) is 67.4 Å². The molecule has 3 aromatic rings. The molecule has 0 aliphatic carbocycles. The zero-order valence-electron chi connectivity index (χ0n) is 20.4. The molecule has 0 saturated carbocycles. The highest BCUT2D eigenvalue weighted by atomic mass is 35.5. The number of hydrogen-bond donors (Lipinski definition) is 3. The smallest absolute Gasteiger partial charge is 0.303 e. The Labute approximate surface area is 220 Å². The maximum Gasteiger partial charge on any atom is 0.303 e. The van der Waals surface area contributed by atoms with Crippen molar-refractivity contribution in [2.24, 2.45) is 0 Å². The molecule has 37 heavy (non-hydrogen) atoms. The van der Waals surface area contributed by atoms with E-state index < -0.39 is 12.1 Å². The number of halogens is 1. The van der Waals surface area contributed by atoms with Crippen LogP contribution in [0.4, 0.5) is 11.5 Å². The van der Waals surface area contributed by atoms with Crippen molar-refractivity contribution in [1.29, 1.82) is 0 Å². The third kappa shape index (κ3) is 8.80. The Hall–Kier alpha value is -4.11. The van der Waals surface area contributed by atoms with Crippen molar-refractivity contribution < 1.29 is 24.2 Å². The van der Waals surface area contributed by atoms with E-state index in [-0.39, 0.29) is 31.3 Å². The number of pyridine rings is 1. The second-order valence-corrected chi connectivity index (χ2v) is 8.53. The third-order valence-electron chi connectivity index (χ3n) is 5.28. The van der Waals surface area contributed by atoms with Gasteiger partial charge in [0.25, 0.3) is 5.91 Å². The molecular weight excluding hydrogens is 496 g/mol. The fraction of sp³-hybridized carbons (Fsp3) is 0.259. The number of carboxylic acid groups (broad SMARTS) is 1. The van der Waals surface area contributed by atoms with Crippen LogP contribution in [0.5, 0.6) is 5.75 Å². The average Bonchev–Trinajstić information content (AvgIpc) is 2.88. The van der Waals surface area contributed by atoms with Gasteiger partial charge in [0.1, 0.15) is 11.6 Å². The molecule has 3 N–H and O–H groups in total. The number of rotatable bonds is 13. The standard InChI is InChI=1S/C27H29ClN4O5/c1-2-32(23-9-3-4-15-29-23)27(36)26(31-24(33)18-19-7-5-8-20(28)17-19)30-21-11-13-22(14-12-21)37-16-6-10-25(34)35/h3-5,7-9,11-15,17,26,30H,2,6,10,16,18H2,1H3,(H,31,33)(H,34,35). The monoisotopic (exact) mass is 524 g/mol. The minimum absolute atomic E-state index is 0.0303. The number of carboxylic acids is 1. The Balaban J connectivity index is 1.74. The van der Waals surface area contributed by atoms with Gasteiger partial charge in [0.15, 0.2) is 6.17 Å². The van der Waals surface area contributed by atoms with Crippen molar-refractivity contribution in [3.8, 4) is 5.75 Å². The van der Waals surface area contributed by atoms with Crippen LogP contribution < -0.4 is 20.3 Å². The fourth-order valence-corrected chi connectivity index (χ4v) is 3.74. The molecule has 0 bridgehead atoms. The van der Waals surface area contributed by atoms with Crippen LogP contribution in [0, 0.1) is 0 Å². The molecule has 1 atom stereocenters. The molecule has 1 unspecified atom stereocenters. The lowest BCUT2D eigenvalue weighted by Crippen LogP contribution is -2.53. The topological polar surface area (TPSA) is 121 Å². The number of nitrogens with zero attached hydrogens (tertiary/aromatic N) is 2. The van der Waals surface area contributed by atoms with Crippen LogP contribution in [0.25, 0.3) is 0 Å². The number of ether oxygens (including phenoxy) is 1. The molecule has 3 rings (SSSR count). The summed E-state index contributed by atoms with van der Waals surface area (Å²) in [5.74, 6) is -0.579. The summed E-state index contributed by atoms with van der Waals surface area (Å²) in [6.07, 6.45) is 0.995. The van der Waals surface area contributed by atoms with Gasteiger partial charge in [0, 0.05) is 29.9 Å². The predicted octanol–water partition coefficient (Wildman–Crippen LogP) is 4.13. The summed E-state index contributed by atoms with van der Waals surface area (Å²) in [5, 5.41) is 15.1. The van der Waals surface area contributed by atoms with Crippen LogP contribution in [-0.2, 0) is 20.8 Å². The molecule has 0 aliphatic rings. The highest BCUT2D eigenvalue weighted by Gasteiger charge is 2.27. The molecule has 0 spiro atoms. The van der Waals surface area contributed by atoms with E-state index in [9.17, 15) is 14.4 Å². The summed E-state index contributed by atoms with van der Waals surface area (Å²) in [6.45, 7) is 2.45. The molecule has 0 aliphatic heterocycles. The molecule has 9 nitrogen and oxygen atoms in total. The average molecular weight is 525 g/mol. The zero-order chi connectivity index (χ0) is 26.6. The van der Waals surface area contributed by atoms with Crippen LogP contribution in [0.15, 0.2) is 72.9 Å². The molecule has 2 amide bonds. The van der Waals surface area contributed by atoms with Gasteiger partial charge in [-0.2, -0.15) is 0 Å². The highest BCUT2D eigenvalue weighted by Crippen LogP contribution is 2.18. The number of likely N-dealkylation sites (N-methyl/N-ethyl adjacent to an activating group) is 1. The summed E-state index contributed by atoms with van der Waals surface area (Å²) >= 11 is 6.04. The van der Waals surface area contributed by atoms with E-state index >= 15 is 0 Å². The molecule has 194 valence electrons. The van der Waals surface area contributed by atoms with Gasteiger partial charge in [0.2, 0.25) is 5.91 Å². The lowest BCUT2D eigenvalue weighted by Gasteiger charge is -2.27. The number of aliphatic carboxylic acids is 1. The Morgan fingerprint density at radius 3 is 2.51 bits per heavy atom. The van der Waals surface area contributed by atoms with Crippen molar-refractivity contribution in [2.45, 2.75) is 32.4 Å². The molecule has 10 heteroatoms. The Kier molecular flexibility index (Phi) is 10.3. The lowest BCUT2D eigenvalue weighted by atomic mass is 10.1. The first-order valence-corrected chi connectivity index (χ1v) is 12.2. The van der Waals surface area contributed by atoms with Gasteiger partial charge < -0.3 is 20.5 Å². The van der Waals surface area contributed by atoms with Gasteiger partial charge >= 0.3 is 5.97 Å². The van der Waals surface area contributed by atoms with Gasteiger partial charge in [0.05, 0.1) is 13.0 Å². The lowest BCUT2D eigenvalue weighted by molar-refractivity contribution is -0.137. The summed E-state index contributed by atoms with van der Waals surface area (Å²) in [6, 6.07) is 19.1. The fourth-order valence-electron chi connectivity index (χ4n) is 3.53. The minimum Gasteiger partial charge on any atom is -0.494 e. The van der Waals surface area contributed by atoms with E-state index in [1.54, 1.807) is 72.9 Å². The van der Waals surface area contributed by atoms with Crippen molar-refractivity contribution in [2.75, 3.05) is 23.4 Å². The second-order valence-electron chi connectivity index (χ2n) is 8.09. The summed E-state index contributed by atoms with van der Waals surface area (Å²) in [4.78, 5) is 42.8. The molecule has 1 heterocycles. The first-order chi connectivity index (χ1) is 17.9.